The molecule has 2 atom stereocenters. The SMILES string of the molecule is CC[C@H]1CN(CCO)C[C@H](C)O1. The van der Waals surface area contributed by atoms with E-state index in [1.807, 2.05) is 0 Å². The van der Waals surface area contributed by atoms with Crippen LogP contribution in [0.5, 0.6) is 0 Å². The molecule has 0 amide bonds. The highest BCUT2D eigenvalue weighted by atomic mass is 16.5. The number of ether oxygens (including phenoxy) is 1. The summed E-state index contributed by atoms with van der Waals surface area (Å²) in [6.45, 7) is 7.19. The summed E-state index contributed by atoms with van der Waals surface area (Å²) in [6, 6.07) is 0. The lowest BCUT2D eigenvalue weighted by Gasteiger charge is -2.36. The minimum absolute atomic E-state index is 0.253. The fourth-order valence-corrected chi connectivity index (χ4v) is 1.69. The van der Waals surface area contributed by atoms with Crippen LogP contribution in [0.15, 0.2) is 0 Å². The van der Waals surface area contributed by atoms with E-state index in [9.17, 15) is 0 Å². The van der Waals surface area contributed by atoms with Crippen molar-refractivity contribution in [3.05, 3.63) is 0 Å². The fourth-order valence-electron chi connectivity index (χ4n) is 1.69. The van der Waals surface area contributed by atoms with Crippen LogP contribution >= 0.6 is 0 Å². The number of aliphatic hydroxyl groups is 1. The molecule has 0 aliphatic carbocycles. The molecule has 72 valence electrons. The van der Waals surface area contributed by atoms with Crippen molar-refractivity contribution in [1.82, 2.24) is 4.90 Å². The Labute approximate surface area is 74.3 Å². The van der Waals surface area contributed by atoms with Crippen molar-refractivity contribution in [2.75, 3.05) is 26.2 Å². The summed E-state index contributed by atoms with van der Waals surface area (Å²) in [6.07, 6.45) is 1.74. The minimum atomic E-state index is 0.253. The molecule has 1 aliphatic rings. The molecule has 1 heterocycles. The van der Waals surface area contributed by atoms with Crippen LogP contribution in [0, 0.1) is 0 Å². The van der Waals surface area contributed by atoms with Gasteiger partial charge in [-0.2, -0.15) is 0 Å². The molecule has 3 nitrogen and oxygen atoms in total. The molecule has 1 saturated heterocycles. The van der Waals surface area contributed by atoms with Crippen LogP contribution in [0.1, 0.15) is 20.3 Å². The predicted octanol–water partition coefficient (Wildman–Crippen LogP) is 0.478. The first kappa shape index (κ1) is 9.96. The molecular formula is C9H19NO2. The van der Waals surface area contributed by atoms with Crippen LogP contribution in [0.4, 0.5) is 0 Å². The van der Waals surface area contributed by atoms with Crippen molar-refractivity contribution in [2.45, 2.75) is 32.5 Å². The van der Waals surface area contributed by atoms with Crippen LogP contribution in [-0.4, -0.2) is 48.5 Å². The number of hydrogen-bond donors (Lipinski definition) is 1. The molecule has 1 aliphatic heterocycles. The monoisotopic (exact) mass is 173 g/mol. The van der Waals surface area contributed by atoms with Gasteiger partial charge in [0.1, 0.15) is 0 Å². The summed E-state index contributed by atoms with van der Waals surface area (Å²) < 4.78 is 5.69. The van der Waals surface area contributed by atoms with Gasteiger partial charge in [0.2, 0.25) is 0 Å². The van der Waals surface area contributed by atoms with Crippen LogP contribution in [0.25, 0.3) is 0 Å². The molecule has 1 N–H and O–H groups in total. The van der Waals surface area contributed by atoms with Gasteiger partial charge < -0.3 is 9.84 Å². The molecule has 1 rings (SSSR count). The molecule has 0 aromatic heterocycles. The van der Waals surface area contributed by atoms with E-state index < -0.39 is 0 Å². The quantitative estimate of drug-likeness (QED) is 0.673. The van der Waals surface area contributed by atoms with E-state index >= 15 is 0 Å². The van der Waals surface area contributed by atoms with Gasteiger partial charge in [0.15, 0.2) is 0 Å². The average molecular weight is 173 g/mol. The maximum absolute atomic E-state index is 8.78. The lowest BCUT2D eigenvalue weighted by atomic mass is 10.2. The van der Waals surface area contributed by atoms with Crippen molar-refractivity contribution in [2.24, 2.45) is 0 Å². The molecule has 0 radical (unpaired) electrons. The van der Waals surface area contributed by atoms with Crippen LogP contribution in [0.2, 0.25) is 0 Å². The maximum atomic E-state index is 8.78. The number of rotatable bonds is 3. The number of hydrogen-bond acceptors (Lipinski definition) is 3. The Morgan fingerprint density at radius 1 is 1.50 bits per heavy atom. The first-order valence-corrected chi connectivity index (χ1v) is 4.75. The van der Waals surface area contributed by atoms with Gasteiger partial charge in [-0.3, -0.25) is 4.90 Å². The van der Waals surface area contributed by atoms with E-state index in [2.05, 4.69) is 18.7 Å². The zero-order valence-electron chi connectivity index (χ0n) is 7.99. The van der Waals surface area contributed by atoms with Crippen LogP contribution < -0.4 is 0 Å². The number of nitrogens with zero attached hydrogens (tertiary/aromatic N) is 1. The normalized spacial score (nSPS) is 32.2. The van der Waals surface area contributed by atoms with E-state index in [1.165, 1.54) is 0 Å². The number of morpholine rings is 1. The highest BCUT2D eigenvalue weighted by molar-refractivity contribution is 4.74. The van der Waals surface area contributed by atoms with Crippen molar-refractivity contribution in [3.63, 3.8) is 0 Å². The Hall–Kier alpha value is -0.120. The molecule has 1 fully saturated rings. The van der Waals surface area contributed by atoms with Gasteiger partial charge in [-0.25, -0.2) is 0 Å². The predicted molar refractivity (Wildman–Crippen MR) is 48.2 cm³/mol. The fraction of sp³-hybridized carbons (Fsp3) is 1.00. The maximum Gasteiger partial charge on any atom is 0.0703 e. The highest BCUT2D eigenvalue weighted by Gasteiger charge is 2.22. The Balaban J connectivity index is 2.34. The largest absolute Gasteiger partial charge is 0.395 e. The summed E-state index contributed by atoms with van der Waals surface area (Å²) in [5.41, 5.74) is 0. The third-order valence-electron chi connectivity index (χ3n) is 2.27. The van der Waals surface area contributed by atoms with E-state index in [0.29, 0.717) is 12.2 Å². The third-order valence-corrected chi connectivity index (χ3v) is 2.27. The second-order valence-corrected chi connectivity index (χ2v) is 3.46. The molecule has 0 unspecified atom stereocenters. The molecule has 0 aromatic rings. The summed E-state index contributed by atoms with van der Waals surface area (Å²) in [5, 5.41) is 8.78. The second-order valence-electron chi connectivity index (χ2n) is 3.46. The summed E-state index contributed by atoms with van der Waals surface area (Å²) in [4.78, 5) is 2.27. The Morgan fingerprint density at radius 3 is 2.83 bits per heavy atom. The molecule has 0 bridgehead atoms. The van der Waals surface area contributed by atoms with Gasteiger partial charge in [0.25, 0.3) is 0 Å². The second kappa shape index (κ2) is 4.80. The highest BCUT2D eigenvalue weighted by Crippen LogP contribution is 2.12. The Kier molecular flexibility index (Phi) is 3.98. The lowest BCUT2D eigenvalue weighted by Crippen LogP contribution is -2.47. The average Bonchev–Trinajstić information content (AvgIpc) is 2.04. The number of β-amino-alcohol motifs (C(OH)–C–C–N with tert-alkyl or cyclic N) is 1. The molecule has 0 aromatic carbocycles. The van der Waals surface area contributed by atoms with Crippen molar-refractivity contribution in [1.29, 1.82) is 0 Å². The smallest absolute Gasteiger partial charge is 0.0703 e. The van der Waals surface area contributed by atoms with E-state index in [4.69, 9.17) is 9.84 Å². The van der Waals surface area contributed by atoms with Crippen molar-refractivity contribution >= 4 is 0 Å². The molecule has 12 heavy (non-hydrogen) atoms. The van der Waals surface area contributed by atoms with Gasteiger partial charge in [0, 0.05) is 19.6 Å². The van der Waals surface area contributed by atoms with Crippen molar-refractivity contribution in [3.8, 4) is 0 Å². The van der Waals surface area contributed by atoms with E-state index in [1.54, 1.807) is 0 Å². The van der Waals surface area contributed by atoms with Gasteiger partial charge in [-0.1, -0.05) is 6.92 Å². The zero-order valence-corrected chi connectivity index (χ0v) is 7.99. The third kappa shape index (κ3) is 2.73. The minimum Gasteiger partial charge on any atom is -0.395 e. The molecule has 0 saturated carbocycles. The zero-order chi connectivity index (χ0) is 8.97. The standard InChI is InChI=1S/C9H19NO2/c1-3-9-7-10(4-5-11)6-8(2)12-9/h8-9,11H,3-7H2,1-2H3/t8-,9-/m0/s1. The van der Waals surface area contributed by atoms with E-state index in [-0.39, 0.29) is 6.61 Å². The first-order valence-electron chi connectivity index (χ1n) is 4.75. The summed E-state index contributed by atoms with van der Waals surface area (Å²) in [5.74, 6) is 0. The Bertz CT molecular complexity index is 130. The van der Waals surface area contributed by atoms with Gasteiger partial charge in [-0.05, 0) is 13.3 Å². The molecular weight excluding hydrogens is 154 g/mol. The van der Waals surface area contributed by atoms with Crippen LogP contribution in [0.3, 0.4) is 0 Å². The number of aliphatic hydroxyl groups excluding tert-OH is 1. The summed E-state index contributed by atoms with van der Waals surface area (Å²) >= 11 is 0. The topological polar surface area (TPSA) is 32.7 Å². The first-order chi connectivity index (χ1) is 5.76. The Morgan fingerprint density at radius 2 is 2.25 bits per heavy atom. The van der Waals surface area contributed by atoms with Crippen molar-refractivity contribution < 1.29 is 9.84 Å². The van der Waals surface area contributed by atoms with Crippen LogP contribution in [-0.2, 0) is 4.74 Å². The molecule has 3 heteroatoms. The van der Waals surface area contributed by atoms with Gasteiger partial charge in [-0.15, -0.1) is 0 Å². The van der Waals surface area contributed by atoms with Gasteiger partial charge >= 0.3 is 0 Å². The lowest BCUT2D eigenvalue weighted by molar-refractivity contribution is -0.0800. The summed E-state index contributed by atoms with van der Waals surface area (Å²) in [7, 11) is 0. The molecule has 0 spiro atoms. The van der Waals surface area contributed by atoms with Gasteiger partial charge in [0.05, 0.1) is 18.8 Å². The van der Waals surface area contributed by atoms with E-state index in [0.717, 1.165) is 26.1 Å².